The molecule has 0 saturated carbocycles. The maximum atomic E-state index is 8.71. The maximum absolute atomic E-state index is 8.71. The molecule has 56 valence electrons. The number of hydrogen-bond acceptors (Lipinski definition) is 3. The Bertz CT molecular complexity index is 278. The van der Waals surface area contributed by atoms with Gasteiger partial charge in [-0.1, -0.05) is 0 Å². The highest BCUT2D eigenvalue weighted by Gasteiger charge is 1.93. The molecule has 3 heteroatoms. The van der Waals surface area contributed by atoms with E-state index in [1.807, 2.05) is 6.07 Å². The number of aliphatic hydroxyl groups is 1. The third kappa shape index (κ3) is 2.03. The zero-order valence-electron chi connectivity index (χ0n) is 5.99. The first-order valence-electron chi connectivity index (χ1n) is 3.27. The van der Waals surface area contributed by atoms with Crippen molar-refractivity contribution in [2.24, 2.45) is 0 Å². The van der Waals surface area contributed by atoms with E-state index < -0.39 is 0 Å². The van der Waals surface area contributed by atoms with Crippen molar-refractivity contribution in [1.29, 1.82) is 5.26 Å². The first-order valence-corrected chi connectivity index (χ1v) is 3.27. The Morgan fingerprint density at radius 3 is 2.82 bits per heavy atom. The van der Waals surface area contributed by atoms with Gasteiger partial charge in [0.2, 0.25) is 0 Å². The van der Waals surface area contributed by atoms with E-state index in [-0.39, 0.29) is 6.61 Å². The van der Waals surface area contributed by atoms with E-state index in [1.165, 1.54) is 0 Å². The van der Waals surface area contributed by atoms with Crippen molar-refractivity contribution in [1.82, 2.24) is 4.98 Å². The van der Waals surface area contributed by atoms with Gasteiger partial charge >= 0.3 is 0 Å². The maximum Gasteiger partial charge on any atom is 0.0696 e. The van der Waals surface area contributed by atoms with E-state index in [2.05, 4.69) is 4.98 Å². The lowest BCUT2D eigenvalue weighted by atomic mass is 10.2. The molecule has 3 nitrogen and oxygen atoms in total. The molecule has 0 aliphatic carbocycles. The van der Waals surface area contributed by atoms with Gasteiger partial charge in [0.25, 0.3) is 0 Å². The summed E-state index contributed by atoms with van der Waals surface area (Å²) in [7, 11) is 0. The third-order valence-electron chi connectivity index (χ3n) is 1.32. The average molecular weight is 148 g/mol. The van der Waals surface area contributed by atoms with Gasteiger partial charge in [-0.25, -0.2) is 0 Å². The Balaban J connectivity index is 2.84. The lowest BCUT2D eigenvalue weighted by Gasteiger charge is -1.96. The van der Waals surface area contributed by atoms with E-state index in [0.29, 0.717) is 6.42 Å². The van der Waals surface area contributed by atoms with Crippen LogP contribution in [0.1, 0.15) is 11.1 Å². The van der Waals surface area contributed by atoms with Crippen molar-refractivity contribution in [3.63, 3.8) is 0 Å². The molecule has 0 aromatic carbocycles. The monoisotopic (exact) mass is 148 g/mol. The van der Waals surface area contributed by atoms with E-state index in [4.69, 9.17) is 10.4 Å². The topological polar surface area (TPSA) is 56.9 Å². The molecule has 1 heterocycles. The minimum absolute atomic E-state index is 0.0216. The molecule has 0 unspecified atom stereocenters. The fraction of sp³-hybridized carbons (Fsp3) is 0.250. The molecule has 1 aromatic rings. The SMILES string of the molecule is N#CCc1cncc(CO)c1. The van der Waals surface area contributed by atoms with Gasteiger partial charge in [0.05, 0.1) is 19.1 Å². The van der Waals surface area contributed by atoms with Gasteiger partial charge in [-0.2, -0.15) is 5.26 Å². The van der Waals surface area contributed by atoms with Crippen LogP contribution < -0.4 is 0 Å². The van der Waals surface area contributed by atoms with Crippen LogP contribution in [0.4, 0.5) is 0 Å². The van der Waals surface area contributed by atoms with Crippen LogP contribution in [0.25, 0.3) is 0 Å². The van der Waals surface area contributed by atoms with Gasteiger partial charge in [-0.05, 0) is 17.2 Å². The molecule has 0 aliphatic rings. The number of aromatic nitrogens is 1. The molecule has 0 bridgehead atoms. The molecule has 0 spiro atoms. The van der Waals surface area contributed by atoms with Crippen molar-refractivity contribution in [3.8, 4) is 6.07 Å². The molecule has 1 N–H and O–H groups in total. The molecule has 0 fully saturated rings. The number of nitrogens with zero attached hydrogens (tertiary/aromatic N) is 2. The highest BCUT2D eigenvalue weighted by atomic mass is 16.3. The van der Waals surface area contributed by atoms with Crippen molar-refractivity contribution in [2.45, 2.75) is 13.0 Å². The average Bonchev–Trinajstić information content (AvgIpc) is 2.06. The first-order chi connectivity index (χ1) is 5.36. The molecule has 0 radical (unpaired) electrons. The predicted molar refractivity (Wildman–Crippen MR) is 39.5 cm³/mol. The minimum atomic E-state index is -0.0216. The first kappa shape index (κ1) is 7.70. The molecule has 0 amide bonds. The summed E-state index contributed by atoms with van der Waals surface area (Å²) in [6, 6.07) is 3.79. The lowest BCUT2D eigenvalue weighted by Crippen LogP contribution is -1.89. The van der Waals surface area contributed by atoms with Crippen molar-refractivity contribution in [2.75, 3.05) is 0 Å². The summed E-state index contributed by atoms with van der Waals surface area (Å²) in [4.78, 5) is 3.86. The summed E-state index contributed by atoms with van der Waals surface area (Å²) in [6.45, 7) is -0.0216. The van der Waals surface area contributed by atoms with Crippen LogP contribution >= 0.6 is 0 Å². The second-order valence-corrected chi connectivity index (χ2v) is 2.19. The van der Waals surface area contributed by atoms with Gasteiger partial charge < -0.3 is 5.11 Å². The van der Waals surface area contributed by atoms with E-state index in [1.54, 1.807) is 18.5 Å². The fourth-order valence-electron chi connectivity index (χ4n) is 0.816. The molecular formula is C8H8N2O. The van der Waals surface area contributed by atoms with E-state index >= 15 is 0 Å². The smallest absolute Gasteiger partial charge is 0.0696 e. The standard InChI is InChI=1S/C8H8N2O/c9-2-1-7-3-8(6-11)5-10-4-7/h3-5,11H,1,6H2. The highest BCUT2D eigenvalue weighted by molar-refractivity contribution is 5.19. The summed E-state index contributed by atoms with van der Waals surface area (Å²) in [5, 5.41) is 17.1. The van der Waals surface area contributed by atoms with Crippen molar-refractivity contribution < 1.29 is 5.11 Å². The predicted octanol–water partition coefficient (Wildman–Crippen LogP) is 0.640. The van der Waals surface area contributed by atoms with E-state index in [0.717, 1.165) is 11.1 Å². The van der Waals surface area contributed by atoms with Crippen LogP contribution in [0.5, 0.6) is 0 Å². The van der Waals surface area contributed by atoms with Crippen molar-refractivity contribution in [3.05, 3.63) is 29.6 Å². The second-order valence-electron chi connectivity index (χ2n) is 2.19. The van der Waals surface area contributed by atoms with Crippen LogP contribution in [-0.4, -0.2) is 10.1 Å². The Labute approximate surface area is 64.9 Å². The van der Waals surface area contributed by atoms with Gasteiger partial charge in [0.1, 0.15) is 0 Å². The van der Waals surface area contributed by atoms with Crippen molar-refractivity contribution >= 4 is 0 Å². The molecule has 11 heavy (non-hydrogen) atoms. The van der Waals surface area contributed by atoms with Crippen LogP contribution in [0.2, 0.25) is 0 Å². The Morgan fingerprint density at radius 1 is 1.45 bits per heavy atom. The number of aliphatic hydroxyl groups excluding tert-OH is 1. The number of nitriles is 1. The highest BCUT2D eigenvalue weighted by Crippen LogP contribution is 2.02. The normalized spacial score (nSPS) is 9.09. The summed E-state index contributed by atoms with van der Waals surface area (Å²) >= 11 is 0. The van der Waals surface area contributed by atoms with Crippen LogP contribution in [0.3, 0.4) is 0 Å². The van der Waals surface area contributed by atoms with Gasteiger partial charge in [-0.15, -0.1) is 0 Å². The van der Waals surface area contributed by atoms with Gasteiger partial charge in [0, 0.05) is 12.4 Å². The Morgan fingerprint density at radius 2 is 2.18 bits per heavy atom. The fourth-order valence-corrected chi connectivity index (χ4v) is 0.816. The van der Waals surface area contributed by atoms with Gasteiger partial charge in [-0.3, -0.25) is 4.98 Å². The summed E-state index contributed by atoms with van der Waals surface area (Å²) in [6.07, 6.45) is 3.56. The zero-order chi connectivity index (χ0) is 8.10. The second kappa shape index (κ2) is 3.69. The third-order valence-corrected chi connectivity index (χ3v) is 1.32. The Hall–Kier alpha value is -1.40. The van der Waals surface area contributed by atoms with Crippen LogP contribution in [-0.2, 0) is 13.0 Å². The Kier molecular flexibility index (Phi) is 2.59. The molecule has 0 aliphatic heterocycles. The largest absolute Gasteiger partial charge is 0.392 e. The molecular weight excluding hydrogens is 140 g/mol. The summed E-state index contributed by atoms with van der Waals surface area (Å²) < 4.78 is 0. The molecule has 1 aromatic heterocycles. The zero-order valence-corrected chi connectivity index (χ0v) is 5.99. The molecule has 1 rings (SSSR count). The van der Waals surface area contributed by atoms with Crippen LogP contribution in [0, 0.1) is 11.3 Å². The summed E-state index contributed by atoms with van der Waals surface area (Å²) in [5.74, 6) is 0. The summed E-state index contributed by atoms with van der Waals surface area (Å²) in [5.41, 5.74) is 1.59. The molecule has 0 atom stereocenters. The number of hydrogen-bond donors (Lipinski definition) is 1. The van der Waals surface area contributed by atoms with Crippen LogP contribution in [0.15, 0.2) is 18.5 Å². The van der Waals surface area contributed by atoms with E-state index in [9.17, 15) is 0 Å². The number of pyridine rings is 1. The molecule has 0 saturated heterocycles. The minimum Gasteiger partial charge on any atom is -0.392 e. The number of rotatable bonds is 2. The van der Waals surface area contributed by atoms with Gasteiger partial charge in [0.15, 0.2) is 0 Å². The quantitative estimate of drug-likeness (QED) is 0.669. The lowest BCUT2D eigenvalue weighted by molar-refractivity contribution is 0.281.